The molecular formula is C27H21N3O4. The Labute approximate surface area is 193 Å². The molecule has 34 heavy (non-hydrogen) atoms. The molecule has 0 fully saturated rings. The molecule has 0 bridgehead atoms. The quantitative estimate of drug-likeness (QED) is 0.363. The highest BCUT2D eigenvalue weighted by Crippen LogP contribution is 2.46. The zero-order valence-corrected chi connectivity index (χ0v) is 18.2. The number of carbonyl (C=O) groups excluding carboxylic acids is 1. The van der Waals surface area contributed by atoms with E-state index in [0.29, 0.717) is 25.2 Å². The Morgan fingerprint density at radius 1 is 1.03 bits per heavy atom. The predicted octanol–water partition coefficient (Wildman–Crippen LogP) is 3.87. The Morgan fingerprint density at radius 2 is 1.76 bits per heavy atom. The fourth-order valence-corrected chi connectivity index (χ4v) is 6.03. The summed E-state index contributed by atoms with van der Waals surface area (Å²) in [6, 6.07) is 14.1. The minimum absolute atomic E-state index is 0.0143. The van der Waals surface area contributed by atoms with E-state index in [0.717, 1.165) is 60.8 Å². The molecule has 1 atom stereocenters. The number of hydrogen-bond acceptors (Lipinski definition) is 3. The Balaban J connectivity index is 1.74. The molecule has 1 unspecified atom stereocenters. The molecule has 7 rings (SSSR count). The second-order valence-corrected chi connectivity index (χ2v) is 9.22. The zero-order chi connectivity index (χ0) is 23.1. The van der Waals surface area contributed by atoms with E-state index in [4.69, 9.17) is 5.11 Å². The van der Waals surface area contributed by atoms with Crippen molar-refractivity contribution in [3.8, 4) is 0 Å². The van der Waals surface area contributed by atoms with Gasteiger partial charge in [-0.2, -0.15) is 0 Å². The number of carboxylic acids is 1. The third-order valence-electron chi connectivity index (χ3n) is 7.35. The van der Waals surface area contributed by atoms with Gasteiger partial charge in [-0.3, -0.25) is 4.79 Å². The molecule has 7 heteroatoms. The number of aliphatic hydroxyl groups excluding tert-OH is 1. The van der Waals surface area contributed by atoms with Crippen molar-refractivity contribution < 1.29 is 19.8 Å². The minimum atomic E-state index is -1.01. The number of nitrogens with one attached hydrogen (secondary N) is 1. The number of carboxylic acid groups (broad SMARTS) is 1. The highest BCUT2D eigenvalue weighted by Gasteiger charge is 2.34. The first-order valence-electron chi connectivity index (χ1n) is 11.4. The number of nitrogens with zero attached hydrogens (tertiary/aromatic N) is 2. The van der Waals surface area contributed by atoms with Crippen LogP contribution in [0, 0.1) is 5.92 Å². The summed E-state index contributed by atoms with van der Waals surface area (Å²) in [5, 5.41) is 26.4. The van der Waals surface area contributed by atoms with Gasteiger partial charge in [0.2, 0.25) is 0 Å². The van der Waals surface area contributed by atoms with E-state index in [1.54, 1.807) is 6.08 Å². The first kappa shape index (κ1) is 19.4. The van der Waals surface area contributed by atoms with E-state index in [1.165, 1.54) is 0 Å². The maximum Gasteiger partial charge on any atom is 0.328 e. The van der Waals surface area contributed by atoms with Crippen molar-refractivity contribution >= 4 is 61.6 Å². The molecule has 2 aliphatic rings. The lowest BCUT2D eigenvalue weighted by Crippen LogP contribution is -2.18. The summed E-state index contributed by atoms with van der Waals surface area (Å²) in [7, 11) is 0. The van der Waals surface area contributed by atoms with Crippen LogP contribution in [0.3, 0.4) is 0 Å². The molecule has 3 N–H and O–H groups in total. The molecule has 2 aromatic heterocycles. The number of carbonyl (C=O) groups is 2. The van der Waals surface area contributed by atoms with Crippen LogP contribution in [0.5, 0.6) is 0 Å². The van der Waals surface area contributed by atoms with Gasteiger partial charge in [-0.25, -0.2) is 4.79 Å². The van der Waals surface area contributed by atoms with Gasteiger partial charge in [0.15, 0.2) is 0 Å². The fourth-order valence-electron chi connectivity index (χ4n) is 6.03. The summed E-state index contributed by atoms with van der Waals surface area (Å²) in [4.78, 5) is 24.3. The third-order valence-corrected chi connectivity index (χ3v) is 7.35. The van der Waals surface area contributed by atoms with E-state index < -0.39 is 5.97 Å². The molecule has 4 heterocycles. The second kappa shape index (κ2) is 6.71. The Bertz CT molecular complexity index is 1750. The monoisotopic (exact) mass is 451 g/mol. The highest BCUT2D eigenvalue weighted by atomic mass is 16.4. The molecular weight excluding hydrogens is 430 g/mol. The Kier molecular flexibility index (Phi) is 3.82. The van der Waals surface area contributed by atoms with Crippen LogP contribution in [-0.2, 0) is 24.4 Å². The number of benzene rings is 3. The molecule has 3 aromatic carbocycles. The van der Waals surface area contributed by atoms with Crippen LogP contribution >= 0.6 is 0 Å². The lowest BCUT2D eigenvalue weighted by Gasteiger charge is -2.15. The van der Waals surface area contributed by atoms with Crippen molar-refractivity contribution in [1.29, 1.82) is 0 Å². The number of rotatable bonds is 3. The van der Waals surface area contributed by atoms with Gasteiger partial charge in [0.05, 0.1) is 16.6 Å². The van der Waals surface area contributed by atoms with E-state index in [-0.39, 0.29) is 18.4 Å². The van der Waals surface area contributed by atoms with Crippen molar-refractivity contribution in [1.82, 2.24) is 14.5 Å². The predicted molar refractivity (Wildman–Crippen MR) is 131 cm³/mol. The van der Waals surface area contributed by atoms with Crippen molar-refractivity contribution in [2.24, 2.45) is 5.92 Å². The second-order valence-electron chi connectivity index (χ2n) is 9.22. The van der Waals surface area contributed by atoms with Crippen molar-refractivity contribution in [2.75, 3.05) is 6.61 Å². The number of aliphatic hydroxyl groups is 1. The van der Waals surface area contributed by atoms with Crippen LogP contribution in [0.4, 0.5) is 0 Å². The van der Waals surface area contributed by atoms with Crippen LogP contribution in [0.1, 0.15) is 21.5 Å². The number of aromatic nitrogens is 2. The highest BCUT2D eigenvalue weighted by molar-refractivity contribution is 6.31. The van der Waals surface area contributed by atoms with E-state index in [2.05, 4.69) is 26.6 Å². The number of para-hydroxylation sites is 1. The summed E-state index contributed by atoms with van der Waals surface area (Å²) >= 11 is 0. The summed E-state index contributed by atoms with van der Waals surface area (Å²) in [6.45, 7) is 1.86. The molecule has 0 spiro atoms. The molecule has 7 nitrogen and oxygen atoms in total. The van der Waals surface area contributed by atoms with E-state index in [1.807, 2.05) is 30.3 Å². The average Bonchev–Trinajstić information content (AvgIpc) is 3.43. The summed E-state index contributed by atoms with van der Waals surface area (Å²) in [5.74, 6) is -1.07. The lowest BCUT2D eigenvalue weighted by atomic mass is 9.96. The first-order chi connectivity index (χ1) is 16.6. The van der Waals surface area contributed by atoms with Crippen molar-refractivity contribution in [3.63, 3.8) is 0 Å². The van der Waals surface area contributed by atoms with Gasteiger partial charge in [0, 0.05) is 70.8 Å². The van der Waals surface area contributed by atoms with Gasteiger partial charge in [-0.15, -0.1) is 0 Å². The van der Waals surface area contributed by atoms with Crippen LogP contribution in [-0.4, -0.2) is 37.8 Å². The zero-order valence-electron chi connectivity index (χ0n) is 18.2. The fraction of sp³-hybridized carbons (Fsp3) is 0.185. The maximum atomic E-state index is 13.2. The number of hydrogen-bond donors (Lipinski definition) is 3. The maximum absolute atomic E-state index is 13.2. The molecule has 168 valence electrons. The van der Waals surface area contributed by atoms with E-state index >= 15 is 0 Å². The summed E-state index contributed by atoms with van der Waals surface area (Å²) < 4.78 is 4.55. The number of amides is 1. The van der Waals surface area contributed by atoms with Gasteiger partial charge in [0.1, 0.15) is 0 Å². The van der Waals surface area contributed by atoms with Crippen LogP contribution in [0.25, 0.3) is 49.7 Å². The number of aliphatic carboxylic acids is 1. The largest absolute Gasteiger partial charge is 0.478 e. The van der Waals surface area contributed by atoms with Gasteiger partial charge in [0.25, 0.3) is 5.91 Å². The molecule has 1 amide bonds. The van der Waals surface area contributed by atoms with Crippen LogP contribution in [0.2, 0.25) is 0 Å². The standard InChI is InChI=1S/C27H21N3O4/c31-13-15-11-29-19-4-2-1-3-16(19)22-18-10-28-27(34)24(18)23-17-9-14(6-8-21(32)33)5-7-20(17)30(12-15)26(23)25(22)29/h1-9,15,31H,10-13H2,(H,28,34)(H,32,33)/b8-6+. The SMILES string of the molecule is O=C(O)/C=C/c1ccc2c(c1)c1c3c(c4c5ccccc5n5c4c1n2CC(CO)C5)CNC3=O. The third kappa shape index (κ3) is 2.39. The Morgan fingerprint density at radius 3 is 2.53 bits per heavy atom. The first-order valence-corrected chi connectivity index (χ1v) is 11.4. The smallest absolute Gasteiger partial charge is 0.328 e. The van der Waals surface area contributed by atoms with Gasteiger partial charge < -0.3 is 24.7 Å². The molecule has 5 aromatic rings. The lowest BCUT2D eigenvalue weighted by molar-refractivity contribution is -0.131. The molecule has 0 radical (unpaired) electrons. The topological polar surface area (TPSA) is 96.5 Å². The van der Waals surface area contributed by atoms with Crippen molar-refractivity contribution in [3.05, 3.63) is 65.2 Å². The molecule has 0 saturated heterocycles. The minimum Gasteiger partial charge on any atom is -0.478 e. The molecule has 0 saturated carbocycles. The Hall–Kier alpha value is -4.10. The molecule has 2 aliphatic heterocycles. The van der Waals surface area contributed by atoms with Crippen LogP contribution in [0.15, 0.2) is 48.5 Å². The van der Waals surface area contributed by atoms with E-state index in [9.17, 15) is 14.7 Å². The van der Waals surface area contributed by atoms with Crippen LogP contribution < -0.4 is 5.32 Å². The van der Waals surface area contributed by atoms with Gasteiger partial charge in [-0.05, 0) is 35.4 Å². The average molecular weight is 451 g/mol. The summed E-state index contributed by atoms with van der Waals surface area (Å²) in [6.07, 6.45) is 2.70. The molecule has 0 aliphatic carbocycles. The van der Waals surface area contributed by atoms with Crippen molar-refractivity contribution in [2.45, 2.75) is 19.6 Å². The summed E-state index contributed by atoms with van der Waals surface area (Å²) in [5.41, 5.74) is 6.67. The van der Waals surface area contributed by atoms with Gasteiger partial charge >= 0.3 is 5.97 Å². The normalized spacial score (nSPS) is 17.4. The number of fused-ring (bicyclic) bond motifs is 9. The van der Waals surface area contributed by atoms with Gasteiger partial charge in [-0.1, -0.05) is 24.3 Å².